The van der Waals surface area contributed by atoms with Gasteiger partial charge in [-0.05, 0) is 6.42 Å². The van der Waals surface area contributed by atoms with E-state index in [1.165, 1.54) is 0 Å². The fourth-order valence-corrected chi connectivity index (χ4v) is 0.817. The fraction of sp³-hybridized carbons (Fsp3) is 0.778. The molecule has 0 heterocycles. The number of hydrogen-bond acceptors (Lipinski definition) is 4. The van der Waals surface area contributed by atoms with Gasteiger partial charge in [-0.15, -0.1) is 0 Å². The highest BCUT2D eigenvalue weighted by Crippen LogP contribution is 1.85. The second-order valence-electron chi connectivity index (χ2n) is 2.95. The average Bonchev–Trinajstić information content (AvgIpc) is 2.18. The van der Waals surface area contributed by atoms with Gasteiger partial charge in [-0.2, -0.15) is 5.26 Å². The van der Waals surface area contributed by atoms with E-state index in [-0.39, 0.29) is 12.5 Å². The third-order valence-corrected chi connectivity index (χ3v) is 1.70. The van der Waals surface area contributed by atoms with E-state index in [1.807, 2.05) is 13.0 Å². The molecule has 0 rings (SSSR count). The molecule has 0 aromatic rings. The maximum Gasteiger partial charge on any atom is 0.233 e. The summed E-state index contributed by atoms with van der Waals surface area (Å²) in [4.78, 5) is 11.0. The monoisotopic (exact) mass is 199 g/mol. The lowest BCUT2D eigenvalue weighted by Crippen LogP contribution is -2.37. The van der Waals surface area contributed by atoms with Crippen molar-refractivity contribution >= 4 is 5.91 Å². The highest BCUT2D eigenvalue weighted by molar-refractivity contribution is 5.77. The Morgan fingerprint density at radius 1 is 1.64 bits per heavy atom. The normalized spacial score (nSPS) is 11.8. The standard InChI is InChI=1S/C9H17N3O2/c1-2-8(13)6-11-7-9(14)12-5-3-4-10/h8,11,13H,2-3,5-7H2,1H3,(H,12,14). The van der Waals surface area contributed by atoms with Crippen molar-refractivity contribution in [2.24, 2.45) is 0 Å². The summed E-state index contributed by atoms with van der Waals surface area (Å²) >= 11 is 0. The van der Waals surface area contributed by atoms with Crippen molar-refractivity contribution < 1.29 is 9.90 Å². The van der Waals surface area contributed by atoms with E-state index in [0.29, 0.717) is 25.9 Å². The summed E-state index contributed by atoms with van der Waals surface area (Å²) < 4.78 is 0. The zero-order valence-electron chi connectivity index (χ0n) is 8.42. The lowest BCUT2D eigenvalue weighted by molar-refractivity contribution is -0.120. The highest BCUT2D eigenvalue weighted by atomic mass is 16.3. The van der Waals surface area contributed by atoms with Crippen LogP contribution in [0.25, 0.3) is 0 Å². The van der Waals surface area contributed by atoms with Gasteiger partial charge in [0.2, 0.25) is 5.91 Å². The van der Waals surface area contributed by atoms with E-state index in [9.17, 15) is 4.79 Å². The molecule has 1 atom stereocenters. The molecule has 0 saturated carbocycles. The van der Waals surface area contributed by atoms with E-state index < -0.39 is 6.10 Å². The van der Waals surface area contributed by atoms with E-state index >= 15 is 0 Å². The molecule has 0 aromatic heterocycles. The second kappa shape index (κ2) is 8.48. The van der Waals surface area contributed by atoms with Crippen LogP contribution in [0.4, 0.5) is 0 Å². The van der Waals surface area contributed by atoms with Crippen molar-refractivity contribution in [3.63, 3.8) is 0 Å². The maximum absolute atomic E-state index is 11.0. The van der Waals surface area contributed by atoms with Gasteiger partial charge in [0.05, 0.1) is 25.1 Å². The van der Waals surface area contributed by atoms with Gasteiger partial charge < -0.3 is 15.7 Å². The number of carbonyl (C=O) groups excluding carboxylic acids is 1. The zero-order chi connectivity index (χ0) is 10.8. The Bertz CT molecular complexity index is 201. The molecule has 0 spiro atoms. The summed E-state index contributed by atoms with van der Waals surface area (Å²) in [7, 11) is 0. The lowest BCUT2D eigenvalue weighted by atomic mass is 10.3. The number of amides is 1. The molecule has 14 heavy (non-hydrogen) atoms. The van der Waals surface area contributed by atoms with Crippen LogP contribution in [-0.4, -0.2) is 36.8 Å². The molecular weight excluding hydrogens is 182 g/mol. The molecule has 3 N–H and O–H groups in total. The number of carbonyl (C=O) groups is 1. The van der Waals surface area contributed by atoms with Gasteiger partial charge in [-0.25, -0.2) is 0 Å². The Balaban J connectivity index is 3.32. The third-order valence-electron chi connectivity index (χ3n) is 1.70. The topological polar surface area (TPSA) is 85.2 Å². The minimum absolute atomic E-state index is 0.149. The molecule has 0 aromatic carbocycles. The van der Waals surface area contributed by atoms with Crippen LogP contribution in [0, 0.1) is 11.3 Å². The number of aliphatic hydroxyl groups is 1. The van der Waals surface area contributed by atoms with Crippen LogP contribution >= 0.6 is 0 Å². The largest absolute Gasteiger partial charge is 0.392 e. The predicted octanol–water partition coefficient (Wildman–Crippen LogP) is -0.623. The van der Waals surface area contributed by atoms with Gasteiger partial charge in [0, 0.05) is 13.1 Å². The summed E-state index contributed by atoms with van der Waals surface area (Å²) in [6.45, 7) is 2.86. The smallest absolute Gasteiger partial charge is 0.233 e. The molecule has 1 unspecified atom stereocenters. The molecule has 80 valence electrons. The Morgan fingerprint density at radius 2 is 2.36 bits per heavy atom. The van der Waals surface area contributed by atoms with Crippen LogP contribution in [0.3, 0.4) is 0 Å². The van der Waals surface area contributed by atoms with Crippen LogP contribution in [0.15, 0.2) is 0 Å². The molecule has 0 aliphatic carbocycles. The first-order valence-corrected chi connectivity index (χ1v) is 4.73. The average molecular weight is 199 g/mol. The summed E-state index contributed by atoms with van der Waals surface area (Å²) in [6.07, 6.45) is 0.591. The molecule has 0 saturated heterocycles. The molecule has 0 bridgehead atoms. The van der Waals surface area contributed by atoms with Crippen molar-refractivity contribution in [3.8, 4) is 6.07 Å². The van der Waals surface area contributed by atoms with E-state index in [2.05, 4.69) is 10.6 Å². The Labute approximate surface area is 84.1 Å². The van der Waals surface area contributed by atoms with Crippen LogP contribution < -0.4 is 10.6 Å². The van der Waals surface area contributed by atoms with Crippen LogP contribution in [0.1, 0.15) is 19.8 Å². The number of nitrogens with one attached hydrogen (secondary N) is 2. The van der Waals surface area contributed by atoms with Gasteiger partial charge in [-0.1, -0.05) is 6.92 Å². The molecule has 0 radical (unpaired) electrons. The van der Waals surface area contributed by atoms with Crippen molar-refractivity contribution in [3.05, 3.63) is 0 Å². The van der Waals surface area contributed by atoms with Gasteiger partial charge in [-0.3, -0.25) is 4.79 Å². The molecular formula is C9H17N3O2. The molecule has 1 amide bonds. The predicted molar refractivity (Wildman–Crippen MR) is 52.4 cm³/mol. The van der Waals surface area contributed by atoms with Crippen LogP contribution in [0.5, 0.6) is 0 Å². The third kappa shape index (κ3) is 7.53. The quantitative estimate of drug-likeness (QED) is 0.477. The number of rotatable bonds is 7. The van der Waals surface area contributed by atoms with Crippen molar-refractivity contribution in [2.45, 2.75) is 25.9 Å². The van der Waals surface area contributed by atoms with Crippen molar-refractivity contribution in [2.75, 3.05) is 19.6 Å². The molecule has 5 heteroatoms. The number of hydrogen-bond donors (Lipinski definition) is 3. The summed E-state index contributed by atoms with van der Waals surface area (Å²) in [6, 6.07) is 1.93. The van der Waals surface area contributed by atoms with Crippen molar-refractivity contribution in [1.82, 2.24) is 10.6 Å². The van der Waals surface area contributed by atoms with Gasteiger partial charge >= 0.3 is 0 Å². The Kier molecular flexibility index (Phi) is 7.80. The molecule has 5 nitrogen and oxygen atoms in total. The second-order valence-corrected chi connectivity index (χ2v) is 2.95. The van der Waals surface area contributed by atoms with E-state index in [1.54, 1.807) is 0 Å². The van der Waals surface area contributed by atoms with E-state index in [4.69, 9.17) is 10.4 Å². The molecule has 0 aliphatic rings. The molecule has 0 aliphatic heterocycles. The van der Waals surface area contributed by atoms with Crippen molar-refractivity contribution in [1.29, 1.82) is 5.26 Å². The molecule has 0 fully saturated rings. The zero-order valence-corrected chi connectivity index (χ0v) is 8.42. The summed E-state index contributed by atoms with van der Waals surface area (Å²) in [5.74, 6) is -0.149. The van der Waals surface area contributed by atoms with Gasteiger partial charge in [0.1, 0.15) is 0 Å². The first-order chi connectivity index (χ1) is 6.70. The van der Waals surface area contributed by atoms with Crippen LogP contribution in [-0.2, 0) is 4.79 Å². The first-order valence-electron chi connectivity index (χ1n) is 4.73. The Hall–Kier alpha value is -1.12. The maximum atomic E-state index is 11.0. The Morgan fingerprint density at radius 3 is 2.93 bits per heavy atom. The van der Waals surface area contributed by atoms with Gasteiger partial charge in [0.25, 0.3) is 0 Å². The minimum atomic E-state index is -0.401. The highest BCUT2D eigenvalue weighted by Gasteiger charge is 2.02. The van der Waals surface area contributed by atoms with E-state index in [0.717, 1.165) is 0 Å². The first kappa shape index (κ1) is 12.9. The SMILES string of the molecule is CCC(O)CNCC(=O)NCCC#N. The van der Waals surface area contributed by atoms with Gasteiger partial charge in [0.15, 0.2) is 0 Å². The van der Waals surface area contributed by atoms with Crippen LogP contribution in [0.2, 0.25) is 0 Å². The summed E-state index contributed by atoms with van der Waals surface area (Å²) in [5, 5.41) is 22.7. The minimum Gasteiger partial charge on any atom is -0.392 e. The fourth-order valence-electron chi connectivity index (χ4n) is 0.817. The number of nitrogens with zero attached hydrogens (tertiary/aromatic N) is 1. The lowest BCUT2D eigenvalue weighted by Gasteiger charge is -2.08. The number of nitriles is 1. The number of aliphatic hydroxyl groups excluding tert-OH is 1. The summed E-state index contributed by atoms with van der Waals surface area (Å²) in [5.41, 5.74) is 0.